The van der Waals surface area contributed by atoms with Gasteiger partial charge < -0.3 is 0 Å². The van der Waals surface area contributed by atoms with E-state index in [1.165, 1.54) is 12.1 Å². The first-order valence-corrected chi connectivity index (χ1v) is 4.53. The van der Waals surface area contributed by atoms with Gasteiger partial charge in [-0.1, -0.05) is 19.1 Å². The molecular weight excluding hydrogens is 191 g/mol. The van der Waals surface area contributed by atoms with Crippen LogP contribution in [0.2, 0.25) is 0 Å². The van der Waals surface area contributed by atoms with Gasteiger partial charge in [-0.25, -0.2) is 4.39 Å². The van der Waals surface area contributed by atoms with Crippen molar-refractivity contribution < 1.29 is 9.18 Å². The van der Waals surface area contributed by atoms with Gasteiger partial charge in [-0.05, 0) is 18.6 Å². The molecule has 0 amide bonds. The van der Waals surface area contributed by atoms with Gasteiger partial charge in [-0.3, -0.25) is 4.79 Å². The molecule has 0 spiro atoms. The highest BCUT2D eigenvalue weighted by Crippen LogP contribution is 2.14. The van der Waals surface area contributed by atoms with Gasteiger partial charge in [0.05, 0.1) is 10.9 Å². The van der Waals surface area contributed by atoms with Gasteiger partial charge in [0.25, 0.3) is 0 Å². The fraction of sp³-hybridized carbons (Fsp3) is 0.300. The van der Waals surface area contributed by atoms with Crippen LogP contribution < -0.4 is 0 Å². The molecule has 13 heavy (non-hydrogen) atoms. The Bertz CT molecular complexity index is 312. The minimum Gasteiger partial charge on any atom is -0.292 e. The highest BCUT2D eigenvalue weighted by atomic mass is 35.5. The van der Waals surface area contributed by atoms with E-state index in [2.05, 4.69) is 0 Å². The third-order valence-electron chi connectivity index (χ3n) is 1.78. The molecule has 70 valence electrons. The Balaban J connectivity index is 2.95. The lowest BCUT2D eigenvalue weighted by Crippen LogP contribution is -2.14. The van der Waals surface area contributed by atoms with Crippen molar-refractivity contribution in [1.29, 1.82) is 0 Å². The second-order valence-corrected chi connectivity index (χ2v) is 3.25. The van der Waals surface area contributed by atoms with Crippen molar-refractivity contribution in [2.45, 2.75) is 18.7 Å². The zero-order valence-corrected chi connectivity index (χ0v) is 8.01. The van der Waals surface area contributed by atoms with Gasteiger partial charge in [0.15, 0.2) is 5.78 Å². The van der Waals surface area contributed by atoms with E-state index in [0.717, 1.165) is 0 Å². The molecular formula is C10H10ClFO. The molecule has 1 aromatic rings. The van der Waals surface area contributed by atoms with Gasteiger partial charge in [0.1, 0.15) is 5.82 Å². The van der Waals surface area contributed by atoms with Gasteiger partial charge in [0.2, 0.25) is 0 Å². The zero-order chi connectivity index (χ0) is 9.84. The third kappa shape index (κ3) is 2.28. The van der Waals surface area contributed by atoms with Crippen molar-refractivity contribution in [1.82, 2.24) is 0 Å². The number of hydrogen-bond donors (Lipinski definition) is 0. The summed E-state index contributed by atoms with van der Waals surface area (Å²) in [6.07, 6.45) is 0.509. The molecule has 0 aliphatic heterocycles. The van der Waals surface area contributed by atoms with Crippen LogP contribution >= 0.6 is 11.6 Å². The van der Waals surface area contributed by atoms with E-state index in [-0.39, 0.29) is 11.3 Å². The Kier molecular flexibility index (Phi) is 3.43. The second-order valence-electron chi connectivity index (χ2n) is 2.72. The minimum absolute atomic E-state index is 0.0735. The quantitative estimate of drug-likeness (QED) is 0.542. The largest absolute Gasteiger partial charge is 0.292 e. The SMILES string of the molecule is CCC(Cl)C(=O)c1ccccc1F. The molecule has 1 rings (SSSR count). The standard InChI is InChI=1S/C10H10ClFO/c1-2-8(11)10(13)7-5-3-4-6-9(7)12/h3-6,8H,2H2,1H3. The average Bonchev–Trinajstić information content (AvgIpc) is 2.16. The Morgan fingerprint density at radius 1 is 1.54 bits per heavy atom. The molecule has 3 heteroatoms. The van der Waals surface area contributed by atoms with Crippen LogP contribution in [0.15, 0.2) is 24.3 Å². The summed E-state index contributed by atoms with van der Waals surface area (Å²) in [7, 11) is 0. The van der Waals surface area contributed by atoms with Crippen molar-refractivity contribution in [3.8, 4) is 0 Å². The molecule has 1 unspecified atom stereocenters. The summed E-state index contributed by atoms with van der Waals surface area (Å²) in [5.41, 5.74) is 0.0735. The number of Topliss-reactive ketones (excluding diaryl/α,β-unsaturated/α-hetero) is 1. The van der Waals surface area contributed by atoms with E-state index in [9.17, 15) is 9.18 Å². The Morgan fingerprint density at radius 2 is 2.15 bits per heavy atom. The van der Waals surface area contributed by atoms with Gasteiger partial charge >= 0.3 is 0 Å². The van der Waals surface area contributed by atoms with E-state index in [4.69, 9.17) is 11.6 Å². The fourth-order valence-electron chi connectivity index (χ4n) is 1.02. The molecule has 0 heterocycles. The Hall–Kier alpha value is -0.890. The van der Waals surface area contributed by atoms with Crippen molar-refractivity contribution in [2.24, 2.45) is 0 Å². The molecule has 0 saturated heterocycles. The van der Waals surface area contributed by atoms with Crippen molar-refractivity contribution in [3.63, 3.8) is 0 Å². The van der Waals surface area contributed by atoms with Crippen molar-refractivity contribution in [2.75, 3.05) is 0 Å². The maximum absolute atomic E-state index is 13.1. The highest BCUT2D eigenvalue weighted by Gasteiger charge is 2.17. The molecule has 0 aliphatic carbocycles. The first-order chi connectivity index (χ1) is 6.16. The highest BCUT2D eigenvalue weighted by molar-refractivity contribution is 6.33. The summed E-state index contributed by atoms with van der Waals surface area (Å²) in [5, 5.41) is -0.628. The van der Waals surface area contributed by atoms with Crippen LogP contribution in [0.4, 0.5) is 4.39 Å². The summed E-state index contributed by atoms with van der Waals surface area (Å²) in [5.74, 6) is -0.853. The second kappa shape index (κ2) is 4.38. The first-order valence-electron chi connectivity index (χ1n) is 4.09. The van der Waals surface area contributed by atoms with Crippen LogP contribution in [-0.4, -0.2) is 11.2 Å². The number of carbonyl (C=O) groups excluding carboxylic acids is 1. The number of alkyl halides is 1. The molecule has 1 aromatic carbocycles. The number of benzene rings is 1. The van der Waals surface area contributed by atoms with E-state index < -0.39 is 11.2 Å². The van der Waals surface area contributed by atoms with Gasteiger partial charge in [-0.2, -0.15) is 0 Å². The van der Waals surface area contributed by atoms with Crippen LogP contribution in [0.25, 0.3) is 0 Å². The van der Waals surface area contributed by atoms with E-state index in [1.807, 2.05) is 0 Å². The van der Waals surface area contributed by atoms with E-state index in [0.29, 0.717) is 6.42 Å². The predicted molar refractivity (Wildman–Crippen MR) is 50.7 cm³/mol. The van der Waals surface area contributed by atoms with Crippen molar-refractivity contribution in [3.05, 3.63) is 35.6 Å². The van der Waals surface area contributed by atoms with Crippen LogP contribution in [-0.2, 0) is 0 Å². The Labute approximate surface area is 81.5 Å². The lowest BCUT2D eigenvalue weighted by atomic mass is 10.1. The Morgan fingerprint density at radius 3 is 2.69 bits per heavy atom. The lowest BCUT2D eigenvalue weighted by molar-refractivity contribution is 0.0982. The normalized spacial score (nSPS) is 12.5. The molecule has 0 aromatic heterocycles. The lowest BCUT2D eigenvalue weighted by Gasteiger charge is -2.05. The smallest absolute Gasteiger partial charge is 0.183 e. The molecule has 0 N–H and O–H groups in total. The summed E-state index contributed by atoms with van der Waals surface area (Å²) in [4.78, 5) is 11.4. The molecule has 0 fully saturated rings. The third-order valence-corrected chi connectivity index (χ3v) is 2.29. The molecule has 0 radical (unpaired) electrons. The number of carbonyl (C=O) groups is 1. The first kappa shape index (κ1) is 10.2. The van der Waals surface area contributed by atoms with E-state index in [1.54, 1.807) is 19.1 Å². The molecule has 1 nitrogen and oxygen atoms in total. The summed E-state index contributed by atoms with van der Waals surface area (Å²) in [6, 6.07) is 5.87. The monoisotopic (exact) mass is 200 g/mol. The van der Waals surface area contributed by atoms with E-state index >= 15 is 0 Å². The van der Waals surface area contributed by atoms with Gasteiger partial charge in [0, 0.05) is 0 Å². The number of hydrogen-bond acceptors (Lipinski definition) is 1. The summed E-state index contributed by atoms with van der Waals surface area (Å²) >= 11 is 5.71. The van der Waals surface area contributed by atoms with Crippen LogP contribution in [0.5, 0.6) is 0 Å². The molecule has 0 bridgehead atoms. The van der Waals surface area contributed by atoms with Crippen LogP contribution in [0.1, 0.15) is 23.7 Å². The topological polar surface area (TPSA) is 17.1 Å². The zero-order valence-electron chi connectivity index (χ0n) is 7.26. The summed E-state index contributed by atoms with van der Waals surface area (Å²) < 4.78 is 13.1. The fourth-order valence-corrected chi connectivity index (χ4v) is 1.13. The number of halogens is 2. The maximum Gasteiger partial charge on any atom is 0.183 e. The van der Waals surface area contributed by atoms with Gasteiger partial charge in [-0.15, -0.1) is 11.6 Å². The maximum atomic E-state index is 13.1. The van der Waals surface area contributed by atoms with Crippen LogP contribution in [0, 0.1) is 5.82 Å². The predicted octanol–water partition coefficient (Wildman–Crippen LogP) is 3.03. The van der Waals surface area contributed by atoms with Crippen molar-refractivity contribution >= 4 is 17.4 Å². The molecule has 0 aliphatic rings. The number of ketones is 1. The summed E-state index contributed by atoms with van der Waals surface area (Å²) in [6.45, 7) is 1.79. The molecule has 1 atom stereocenters. The minimum atomic E-state index is -0.628. The number of rotatable bonds is 3. The molecule has 0 saturated carbocycles. The van der Waals surface area contributed by atoms with Crippen LogP contribution in [0.3, 0.4) is 0 Å². The average molecular weight is 201 g/mol.